The first-order valence-electron chi connectivity index (χ1n) is 9.60. The molecule has 1 amide bonds. The normalized spacial score (nSPS) is 15.0. The van der Waals surface area contributed by atoms with Crippen molar-refractivity contribution in [1.82, 2.24) is 14.8 Å². The van der Waals surface area contributed by atoms with Crippen LogP contribution in [0.4, 0.5) is 11.6 Å². The number of rotatable bonds is 6. The van der Waals surface area contributed by atoms with Gasteiger partial charge in [-0.1, -0.05) is 0 Å². The third-order valence-electron chi connectivity index (χ3n) is 5.12. The van der Waals surface area contributed by atoms with E-state index >= 15 is 0 Å². The highest BCUT2D eigenvalue weighted by Gasteiger charge is 2.35. The number of aromatic nitrogens is 3. The Labute approximate surface area is 179 Å². The summed E-state index contributed by atoms with van der Waals surface area (Å²) in [4.78, 5) is 17.7. The third kappa shape index (κ3) is 3.77. The van der Waals surface area contributed by atoms with E-state index in [9.17, 15) is 4.79 Å². The number of carbonyl (C=O) groups is 1. The van der Waals surface area contributed by atoms with E-state index in [0.717, 1.165) is 5.56 Å². The molecule has 4 rings (SSSR count). The number of hydrogen-bond donors (Lipinski definition) is 2. The number of ether oxygens (including phenoxy) is 3. The fourth-order valence-electron chi connectivity index (χ4n) is 3.59. The van der Waals surface area contributed by atoms with Crippen molar-refractivity contribution in [3.8, 4) is 17.2 Å². The number of hydrogen-bond acceptors (Lipinski definition) is 7. The zero-order chi connectivity index (χ0) is 22.0. The van der Waals surface area contributed by atoms with Crippen molar-refractivity contribution in [3.05, 3.63) is 65.6 Å². The quantitative estimate of drug-likeness (QED) is 0.630. The lowest BCUT2D eigenvalue weighted by Crippen LogP contribution is -2.31. The Kier molecular flexibility index (Phi) is 5.48. The van der Waals surface area contributed by atoms with E-state index in [1.807, 2.05) is 19.1 Å². The first-order valence-corrected chi connectivity index (χ1v) is 9.60. The van der Waals surface area contributed by atoms with Gasteiger partial charge in [-0.25, -0.2) is 4.68 Å². The van der Waals surface area contributed by atoms with Crippen molar-refractivity contribution in [2.24, 2.45) is 0 Å². The Morgan fingerprint density at radius 2 is 1.74 bits per heavy atom. The molecule has 3 aromatic rings. The Morgan fingerprint density at radius 1 is 1.03 bits per heavy atom. The van der Waals surface area contributed by atoms with Gasteiger partial charge in [0, 0.05) is 23.0 Å². The van der Waals surface area contributed by atoms with Crippen molar-refractivity contribution in [3.63, 3.8) is 0 Å². The highest BCUT2D eigenvalue weighted by molar-refractivity contribution is 6.06. The molecule has 1 aliphatic rings. The van der Waals surface area contributed by atoms with Gasteiger partial charge in [-0.3, -0.25) is 4.79 Å². The molecule has 31 heavy (non-hydrogen) atoms. The Bertz CT molecular complexity index is 1140. The molecule has 0 radical (unpaired) electrons. The standard InChI is InChI=1S/C22H23N5O4/c1-13-19(21(28)26-14-5-7-15(29-2)8-6-14)20(27-22(25-13)23-12-24-27)17-10-9-16(30-3)11-18(17)31-4/h5-12,20H,1-4H3,(H,26,28)(H,23,24,25). The smallest absolute Gasteiger partial charge is 0.255 e. The summed E-state index contributed by atoms with van der Waals surface area (Å²) in [5.41, 5.74) is 2.58. The first kappa shape index (κ1) is 20.3. The number of methoxy groups -OCH3 is 3. The van der Waals surface area contributed by atoms with E-state index in [1.54, 1.807) is 56.3 Å². The zero-order valence-corrected chi connectivity index (χ0v) is 17.7. The number of nitrogens with zero attached hydrogens (tertiary/aromatic N) is 3. The average Bonchev–Trinajstić information content (AvgIpc) is 3.26. The Morgan fingerprint density at radius 3 is 2.42 bits per heavy atom. The molecule has 0 bridgehead atoms. The molecule has 0 spiro atoms. The van der Waals surface area contributed by atoms with E-state index in [4.69, 9.17) is 14.2 Å². The Hall–Kier alpha value is -4.01. The van der Waals surface area contributed by atoms with Crippen LogP contribution in [-0.4, -0.2) is 42.0 Å². The number of allylic oxidation sites excluding steroid dienone is 1. The monoisotopic (exact) mass is 421 g/mol. The highest BCUT2D eigenvalue weighted by atomic mass is 16.5. The number of benzene rings is 2. The van der Waals surface area contributed by atoms with Gasteiger partial charge in [0.15, 0.2) is 0 Å². The summed E-state index contributed by atoms with van der Waals surface area (Å²) >= 11 is 0. The van der Waals surface area contributed by atoms with Crippen molar-refractivity contribution in [2.45, 2.75) is 13.0 Å². The lowest BCUT2D eigenvalue weighted by molar-refractivity contribution is -0.113. The maximum atomic E-state index is 13.4. The van der Waals surface area contributed by atoms with Gasteiger partial charge in [0.1, 0.15) is 29.6 Å². The average molecular weight is 421 g/mol. The molecular weight excluding hydrogens is 398 g/mol. The van der Waals surface area contributed by atoms with Gasteiger partial charge in [0.05, 0.1) is 26.9 Å². The molecule has 2 aromatic carbocycles. The van der Waals surface area contributed by atoms with Gasteiger partial charge < -0.3 is 24.8 Å². The van der Waals surface area contributed by atoms with Gasteiger partial charge in [-0.2, -0.15) is 10.1 Å². The fourth-order valence-corrected chi connectivity index (χ4v) is 3.59. The second kappa shape index (κ2) is 8.39. The van der Waals surface area contributed by atoms with Gasteiger partial charge in [0.25, 0.3) is 5.91 Å². The van der Waals surface area contributed by atoms with Crippen molar-refractivity contribution < 1.29 is 19.0 Å². The van der Waals surface area contributed by atoms with Crippen LogP contribution in [0, 0.1) is 0 Å². The summed E-state index contributed by atoms with van der Waals surface area (Å²) in [5, 5.41) is 10.5. The van der Waals surface area contributed by atoms with Gasteiger partial charge in [0.2, 0.25) is 5.95 Å². The van der Waals surface area contributed by atoms with E-state index in [0.29, 0.717) is 40.2 Å². The van der Waals surface area contributed by atoms with Crippen LogP contribution in [0.1, 0.15) is 18.5 Å². The minimum atomic E-state index is -0.544. The van der Waals surface area contributed by atoms with Crippen LogP contribution in [0.25, 0.3) is 0 Å². The predicted octanol–water partition coefficient (Wildman–Crippen LogP) is 3.23. The minimum Gasteiger partial charge on any atom is -0.497 e. The van der Waals surface area contributed by atoms with Crippen LogP contribution in [0.3, 0.4) is 0 Å². The predicted molar refractivity (Wildman–Crippen MR) is 116 cm³/mol. The van der Waals surface area contributed by atoms with Crippen LogP contribution >= 0.6 is 0 Å². The third-order valence-corrected chi connectivity index (χ3v) is 5.12. The topological polar surface area (TPSA) is 99.5 Å². The number of nitrogens with one attached hydrogen (secondary N) is 2. The summed E-state index contributed by atoms with van der Waals surface area (Å²) in [6.45, 7) is 1.84. The molecule has 1 aliphatic heterocycles. The summed E-state index contributed by atoms with van der Waals surface area (Å²) in [6.07, 6.45) is 1.45. The van der Waals surface area contributed by atoms with Gasteiger partial charge in [-0.05, 0) is 43.3 Å². The van der Waals surface area contributed by atoms with E-state index in [1.165, 1.54) is 6.33 Å². The molecule has 2 N–H and O–H groups in total. The second-order valence-electron chi connectivity index (χ2n) is 6.88. The summed E-state index contributed by atoms with van der Waals surface area (Å²) in [7, 11) is 4.76. The molecule has 9 nitrogen and oxygen atoms in total. The molecule has 9 heteroatoms. The molecule has 0 saturated carbocycles. The van der Waals surface area contributed by atoms with Crippen molar-refractivity contribution >= 4 is 17.5 Å². The maximum Gasteiger partial charge on any atom is 0.255 e. The molecule has 1 aromatic heterocycles. The first-order chi connectivity index (χ1) is 15.0. The van der Waals surface area contributed by atoms with Crippen LogP contribution in [0.15, 0.2) is 60.1 Å². The van der Waals surface area contributed by atoms with E-state index in [2.05, 4.69) is 20.7 Å². The molecule has 0 saturated heterocycles. The summed E-state index contributed by atoms with van der Waals surface area (Å²) in [6, 6.07) is 12.1. The molecular formula is C22H23N5O4. The lowest BCUT2D eigenvalue weighted by Gasteiger charge is -2.29. The second-order valence-corrected chi connectivity index (χ2v) is 6.88. The van der Waals surface area contributed by atoms with Crippen molar-refractivity contribution in [2.75, 3.05) is 32.0 Å². The molecule has 1 unspecified atom stereocenters. The number of anilines is 2. The summed E-state index contributed by atoms with van der Waals surface area (Å²) in [5.74, 6) is 2.22. The van der Waals surface area contributed by atoms with E-state index in [-0.39, 0.29) is 5.91 Å². The fraction of sp³-hybridized carbons (Fsp3) is 0.227. The number of fused-ring (bicyclic) bond motifs is 1. The molecule has 2 heterocycles. The lowest BCUT2D eigenvalue weighted by atomic mass is 9.94. The zero-order valence-electron chi connectivity index (χ0n) is 17.7. The molecule has 0 aliphatic carbocycles. The van der Waals surface area contributed by atoms with E-state index < -0.39 is 6.04 Å². The van der Waals surface area contributed by atoms with Crippen molar-refractivity contribution in [1.29, 1.82) is 0 Å². The number of carbonyl (C=O) groups excluding carboxylic acids is 1. The van der Waals surface area contributed by atoms with Crippen LogP contribution in [-0.2, 0) is 4.79 Å². The summed E-state index contributed by atoms with van der Waals surface area (Å²) < 4.78 is 17.8. The maximum absolute atomic E-state index is 13.4. The van der Waals surface area contributed by atoms with Crippen LogP contribution in [0.5, 0.6) is 17.2 Å². The van der Waals surface area contributed by atoms with Gasteiger partial charge in [-0.15, -0.1) is 0 Å². The van der Waals surface area contributed by atoms with Crippen LogP contribution in [0.2, 0.25) is 0 Å². The molecule has 160 valence electrons. The van der Waals surface area contributed by atoms with Gasteiger partial charge >= 0.3 is 0 Å². The molecule has 0 fully saturated rings. The van der Waals surface area contributed by atoms with Crippen LogP contribution < -0.4 is 24.8 Å². The Balaban J connectivity index is 1.76. The highest BCUT2D eigenvalue weighted by Crippen LogP contribution is 2.40. The molecule has 1 atom stereocenters. The largest absolute Gasteiger partial charge is 0.497 e. The minimum absolute atomic E-state index is 0.265. The SMILES string of the molecule is COc1ccc(NC(=O)C2=C(C)Nc3ncnn3C2c2ccc(OC)cc2OC)cc1. The number of amides is 1.